The number of hydrogen-bond acceptors (Lipinski definition) is 5. The van der Waals surface area contributed by atoms with Gasteiger partial charge in [-0.05, 0) is 6.07 Å². The van der Waals surface area contributed by atoms with Crippen LogP contribution in [0.2, 0.25) is 0 Å². The number of Topliss-reactive ketones (excluding diaryl/α,β-unsaturated/α-hetero) is 1. The van der Waals surface area contributed by atoms with Crippen molar-refractivity contribution in [2.75, 3.05) is 21.3 Å². The first kappa shape index (κ1) is 12.3. The summed E-state index contributed by atoms with van der Waals surface area (Å²) in [4.78, 5) is 11.3. The monoisotopic (exact) mass is 250 g/mol. The van der Waals surface area contributed by atoms with E-state index >= 15 is 0 Å². The Morgan fingerprint density at radius 3 is 2.22 bits per heavy atom. The molecule has 5 nitrogen and oxygen atoms in total. The summed E-state index contributed by atoms with van der Waals surface area (Å²) in [5.74, 6) is 1.59. The van der Waals surface area contributed by atoms with Crippen LogP contribution in [0.5, 0.6) is 17.2 Å². The van der Waals surface area contributed by atoms with Crippen molar-refractivity contribution in [3.05, 3.63) is 17.9 Å². The van der Waals surface area contributed by atoms with Crippen molar-refractivity contribution in [3.63, 3.8) is 0 Å². The van der Waals surface area contributed by atoms with E-state index in [0.717, 1.165) is 0 Å². The normalized spacial score (nSPS) is 10.4. The molecular weight excluding hydrogens is 236 g/mol. The average Bonchev–Trinajstić information content (AvgIpc) is 2.79. The van der Waals surface area contributed by atoms with Crippen molar-refractivity contribution >= 4 is 16.8 Å². The lowest BCUT2D eigenvalue weighted by Crippen LogP contribution is -1.94. The summed E-state index contributed by atoms with van der Waals surface area (Å²) in [7, 11) is 4.58. The van der Waals surface area contributed by atoms with Crippen LogP contribution in [0.25, 0.3) is 11.0 Å². The Bertz CT molecular complexity index is 597. The van der Waals surface area contributed by atoms with Crippen LogP contribution in [-0.4, -0.2) is 27.1 Å². The fraction of sp³-hybridized carbons (Fsp3) is 0.308. The molecule has 0 amide bonds. The van der Waals surface area contributed by atoms with Crippen molar-refractivity contribution in [1.82, 2.24) is 0 Å². The predicted molar refractivity (Wildman–Crippen MR) is 65.9 cm³/mol. The van der Waals surface area contributed by atoms with Crippen LogP contribution < -0.4 is 14.2 Å². The summed E-state index contributed by atoms with van der Waals surface area (Å²) in [6.07, 6.45) is 0. The second kappa shape index (κ2) is 4.60. The third-order valence-corrected chi connectivity index (χ3v) is 2.67. The number of hydrogen-bond donors (Lipinski definition) is 0. The molecule has 0 N–H and O–H groups in total. The third-order valence-electron chi connectivity index (χ3n) is 2.67. The SMILES string of the molecule is COc1cc2oc(C(C)=O)cc2c(OC)c1OC. The summed E-state index contributed by atoms with van der Waals surface area (Å²) in [5.41, 5.74) is 0.523. The minimum Gasteiger partial charge on any atom is -0.493 e. The minimum atomic E-state index is -0.147. The lowest BCUT2D eigenvalue weighted by atomic mass is 10.2. The largest absolute Gasteiger partial charge is 0.493 e. The van der Waals surface area contributed by atoms with Crippen molar-refractivity contribution in [2.45, 2.75) is 6.92 Å². The number of furan rings is 1. The van der Waals surface area contributed by atoms with Crippen LogP contribution in [0.4, 0.5) is 0 Å². The first-order chi connectivity index (χ1) is 8.62. The molecule has 0 unspecified atom stereocenters. The predicted octanol–water partition coefficient (Wildman–Crippen LogP) is 2.66. The molecule has 0 atom stereocenters. The highest BCUT2D eigenvalue weighted by molar-refractivity contribution is 5.99. The standard InChI is InChI=1S/C13H14O5/c1-7(14)9-5-8-10(18-9)6-11(15-2)13(17-4)12(8)16-3/h5-6H,1-4H3. The van der Waals surface area contributed by atoms with Crippen molar-refractivity contribution in [1.29, 1.82) is 0 Å². The van der Waals surface area contributed by atoms with Gasteiger partial charge in [-0.15, -0.1) is 0 Å². The number of carbonyl (C=O) groups is 1. The van der Waals surface area contributed by atoms with E-state index in [9.17, 15) is 4.79 Å². The Labute approximate surface area is 104 Å². The summed E-state index contributed by atoms with van der Waals surface area (Å²) in [5, 5.41) is 0.681. The van der Waals surface area contributed by atoms with Gasteiger partial charge in [0.1, 0.15) is 5.58 Å². The first-order valence-corrected chi connectivity index (χ1v) is 5.35. The van der Waals surface area contributed by atoms with E-state index in [1.807, 2.05) is 0 Å². The molecular formula is C13H14O5. The molecule has 0 radical (unpaired) electrons. The minimum absolute atomic E-state index is 0.147. The molecule has 0 saturated carbocycles. The highest BCUT2D eigenvalue weighted by atomic mass is 16.5. The van der Waals surface area contributed by atoms with Gasteiger partial charge >= 0.3 is 0 Å². The van der Waals surface area contributed by atoms with E-state index in [2.05, 4.69) is 0 Å². The Kier molecular flexibility index (Phi) is 3.14. The molecule has 0 bridgehead atoms. The summed E-state index contributed by atoms with van der Waals surface area (Å²) >= 11 is 0. The second-order valence-electron chi connectivity index (χ2n) is 3.72. The van der Waals surface area contributed by atoms with Crippen LogP contribution in [0, 0.1) is 0 Å². The Morgan fingerprint density at radius 2 is 1.72 bits per heavy atom. The zero-order valence-corrected chi connectivity index (χ0v) is 10.7. The molecule has 2 rings (SSSR count). The van der Waals surface area contributed by atoms with E-state index in [4.69, 9.17) is 18.6 Å². The van der Waals surface area contributed by atoms with E-state index in [1.54, 1.807) is 12.1 Å². The van der Waals surface area contributed by atoms with Gasteiger partial charge in [-0.1, -0.05) is 0 Å². The fourth-order valence-electron chi connectivity index (χ4n) is 1.83. The number of methoxy groups -OCH3 is 3. The molecule has 0 aliphatic heterocycles. The number of fused-ring (bicyclic) bond motifs is 1. The molecule has 1 aromatic heterocycles. The Morgan fingerprint density at radius 1 is 1.06 bits per heavy atom. The molecule has 2 aromatic rings. The topological polar surface area (TPSA) is 57.9 Å². The van der Waals surface area contributed by atoms with Crippen LogP contribution in [0.1, 0.15) is 17.5 Å². The zero-order chi connectivity index (χ0) is 13.3. The first-order valence-electron chi connectivity index (χ1n) is 5.35. The summed E-state index contributed by atoms with van der Waals surface area (Å²) in [6.45, 7) is 1.44. The molecule has 18 heavy (non-hydrogen) atoms. The van der Waals surface area contributed by atoms with E-state index in [-0.39, 0.29) is 11.5 Å². The van der Waals surface area contributed by atoms with Gasteiger partial charge in [-0.3, -0.25) is 4.79 Å². The van der Waals surface area contributed by atoms with E-state index in [1.165, 1.54) is 28.3 Å². The summed E-state index contributed by atoms with van der Waals surface area (Å²) in [6, 6.07) is 3.31. The molecule has 0 saturated heterocycles. The highest BCUT2D eigenvalue weighted by Gasteiger charge is 2.20. The van der Waals surface area contributed by atoms with Gasteiger partial charge in [0.15, 0.2) is 23.0 Å². The van der Waals surface area contributed by atoms with Crippen molar-refractivity contribution < 1.29 is 23.4 Å². The molecule has 96 valence electrons. The van der Waals surface area contributed by atoms with E-state index < -0.39 is 0 Å². The zero-order valence-electron chi connectivity index (χ0n) is 10.7. The third kappa shape index (κ3) is 1.77. The molecule has 1 heterocycles. The molecule has 0 aliphatic rings. The number of ketones is 1. The smallest absolute Gasteiger partial charge is 0.204 e. The van der Waals surface area contributed by atoms with Gasteiger partial charge in [0.25, 0.3) is 0 Å². The Hall–Kier alpha value is -2.17. The molecule has 1 aromatic carbocycles. The quantitative estimate of drug-likeness (QED) is 0.781. The number of rotatable bonds is 4. The van der Waals surface area contributed by atoms with Gasteiger partial charge in [-0.2, -0.15) is 0 Å². The number of carbonyl (C=O) groups excluding carboxylic acids is 1. The van der Waals surface area contributed by atoms with Crippen LogP contribution >= 0.6 is 0 Å². The lowest BCUT2D eigenvalue weighted by molar-refractivity contribution is 0.0989. The van der Waals surface area contributed by atoms with Crippen LogP contribution in [-0.2, 0) is 0 Å². The molecule has 0 aliphatic carbocycles. The molecule has 5 heteroatoms. The number of benzene rings is 1. The van der Waals surface area contributed by atoms with Gasteiger partial charge in [0, 0.05) is 13.0 Å². The molecule has 0 fully saturated rings. The van der Waals surface area contributed by atoms with Crippen molar-refractivity contribution in [3.8, 4) is 17.2 Å². The maximum atomic E-state index is 11.3. The Balaban J connectivity index is 2.79. The summed E-state index contributed by atoms with van der Waals surface area (Å²) < 4.78 is 21.2. The second-order valence-corrected chi connectivity index (χ2v) is 3.72. The molecule has 0 spiro atoms. The lowest BCUT2D eigenvalue weighted by Gasteiger charge is -2.11. The van der Waals surface area contributed by atoms with Crippen LogP contribution in [0.3, 0.4) is 0 Å². The van der Waals surface area contributed by atoms with Gasteiger partial charge in [0.2, 0.25) is 5.75 Å². The van der Waals surface area contributed by atoms with E-state index in [0.29, 0.717) is 28.2 Å². The average molecular weight is 250 g/mol. The maximum absolute atomic E-state index is 11.3. The van der Waals surface area contributed by atoms with Crippen LogP contribution in [0.15, 0.2) is 16.5 Å². The van der Waals surface area contributed by atoms with Crippen molar-refractivity contribution in [2.24, 2.45) is 0 Å². The van der Waals surface area contributed by atoms with Gasteiger partial charge in [-0.25, -0.2) is 0 Å². The number of ether oxygens (including phenoxy) is 3. The highest BCUT2D eigenvalue weighted by Crippen LogP contribution is 2.44. The fourth-order valence-corrected chi connectivity index (χ4v) is 1.83. The van der Waals surface area contributed by atoms with Gasteiger partial charge < -0.3 is 18.6 Å². The van der Waals surface area contributed by atoms with Gasteiger partial charge in [0.05, 0.1) is 26.7 Å². The maximum Gasteiger partial charge on any atom is 0.204 e.